The minimum atomic E-state index is -0.0437. The van der Waals surface area contributed by atoms with Gasteiger partial charge in [0.2, 0.25) is 0 Å². The molecule has 0 unspecified atom stereocenters. The number of hydrogen-bond acceptors (Lipinski definition) is 6. The van der Waals surface area contributed by atoms with Crippen LogP contribution >= 0.6 is 0 Å². The quantitative estimate of drug-likeness (QED) is 0.672. The molecule has 0 aliphatic carbocycles. The van der Waals surface area contributed by atoms with Crippen molar-refractivity contribution in [3.05, 3.63) is 47.8 Å². The van der Waals surface area contributed by atoms with Crippen molar-refractivity contribution in [1.29, 1.82) is 0 Å². The third kappa shape index (κ3) is 2.96. The lowest BCUT2D eigenvalue weighted by atomic mass is 9.93. The topological polar surface area (TPSA) is 95.8 Å². The van der Waals surface area contributed by atoms with Gasteiger partial charge in [0.15, 0.2) is 23.3 Å². The number of benzene rings is 1. The Morgan fingerprint density at radius 3 is 2.58 bits per heavy atom. The molecule has 3 heterocycles. The van der Waals surface area contributed by atoms with Crippen molar-refractivity contribution in [1.82, 2.24) is 19.9 Å². The number of hydrogen-bond donors (Lipinski definition) is 3. The maximum Gasteiger partial charge on any atom is 0.199 e. The number of nitrogens with one attached hydrogen (secondary N) is 2. The van der Waals surface area contributed by atoms with Crippen LogP contribution in [0.25, 0.3) is 11.6 Å². The van der Waals surface area contributed by atoms with Crippen molar-refractivity contribution in [2.45, 2.75) is 32.7 Å². The standard InChI is InChI=1S/C19H23N7/c1-19(2,3)13-9-21-16(23-13)17-24-15(20)14-18(25-17)26(11-22-14)10-12-7-5-4-6-8-12/h4-9,22H,10-11H2,1-3H3,(H,21,23)(H2,20,24,25). The van der Waals surface area contributed by atoms with E-state index in [0.29, 0.717) is 24.1 Å². The number of nitrogens with two attached hydrogens (primary N) is 1. The second-order valence-corrected chi connectivity index (χ2v) is 7.53. The van der Waals surface area contributed by atoms with Gasteiger partial charge in [0.25, 0.3) is 0 Å². The van der Waals surface area contributed by atoms with Gasteiger partial charge >= 0.3 is 0 Å². The van der Waals surface area contributed by atoms with E-state index >= 15 is 0 Å². The fourth-order valence-electron chi connectivity index (χ4n) is 2.97. The molecule has 0 saturated carbocycles. The van der Waals surface area contributed by atoms with Crippen molar-refractivity contribution in [3.8, 4) is 11.6 Å². The number of anilines is 3. The van der Waals surface area contributed by atoms with Crippen LogP contribution in [0.2, 0.25) is 0 Å². The first-order valence-electron chi connectivity index (χ1n) is 8.68. The monoisotopic (exact) mass is 349 g/mol. The number of nitrogens with zero attached hydrogens (tertiary/aromatic N) is 4. The molecule has 134 valence electrons. The van der Waals surface area contributed by atoms with Gasteiger partial charge in [-0.1, -0.05) is 51.1 Å². The third-order valence-electron chi connectivity index (χ3n) is 4.44. The number of fused-ring (bicyclic) bond motifs is 1. The van der Waals surface area contributed by atoms with E-state index in [0.717, 1.165) is 23.7 Å². The molecule has 0 spiro atoms. The van der Waals surface area contributed by atoms with E-state index in [9.17, 15) is 0 Å². The molecular weight excluding hydrogens is 326 g/mol. The minimum Gasteiger partial charge on any atom is -0.382 e. The summed E-state index contributed by atoms with van der Waals surface area (Å²) in [7, 11) is 0. The van der Waals surface area contributed by atoms with Gasteiger partial charge in [0, 0.05) is 18.2 Å². The zero-order valence-corrected chi connectivity index (χ0v) is 15.2. The van der Waals surface area contributed by atoms with Gasteiger partial charge in [-0.2, -0.15) is 0 Å². The number of nitrogen functional groups attached to an aromatic ring is 1. The Labute approximate surface area is 152 Å². The maximum absolute atomic E-state index is 6.18. The molecular formula is C19H23N7. The fraction of sp³-hybridized carbons (Fsp3) is 0.316. The van der Waals surface area contributed by atoms with Crippen LogP contribution in [-0.4, -0.2) is 26.6 Å². The van der Waals surface area contributed by atoms with Gasteiger partial charge in [-0.15, -0.1) is 0 Å². The summed E-state index contributed by atoms with van der Waals surface area (Å²) in [5, 5.41) is 3.29. The van der Waals surface area contributed by atoms with Crippen LogP contribution in [0.1, 0.15) is 32.0 Å². The van der Waals surface area contributed by atoms with Gasteiger partial charge in [-0.3, -0.25) is 0 Å². The zero-order valence-electron chi connectivity index (χ0n) is 15.2. The van der Waals surface area contributed by atoms with Crippen LogP contribution in [0.15, 0.2) is 36.5 Å². The lowest BCUT2D eigenvalue weighted by molar-refractivity contribution is 0.572. The molecule has 0 atom stereocenters. The first-order chi connectivity index (χ1) is 12.4. The molecule has 0 bridgehead atoms. The molecule has 1 aliphatic heterocycles. The Kier molecular flexibility index (Phi) is 3.79. The van der Waals surface area contributed by atoms with Crippen LogP contribution < -0.4 is 16.0 Å². The third-order valence-corrected chi connectivity index (χ3v) is 4.44. The largest absolute Gasteiger partial charge is 0.382 e. The Morgan fingerprint density at radius 2 is 1.88 bits per heavy atom. The molecule has 4 N–H and O–H groups in total. The summed E-state index contributed by atoms with van der Waals surface area (Å²) in [5.41, 5.74) is 9.10. The molecule has 0 saturated heterocycles. The van der Waals surface area contributed by atoms with Gasteiger partial charge in [0.1, 0.15) is 5.69 Å². The Balaban J connectivity index is 1.68. The highest BCUT2D eigenvalue weighted by Crippen LogP contribution is 2.36. The summed E-state index contributed by atoms with van der Waals surface area (Å²) in [6.07, 6.45) is 1.90. The SMILES string of the molecule is CC(C)(C)c1c[nH]c(-c2nc(N)c3c(n2)N(Cc2ccccc2)CN3)n1. The summed E-state index contributed by atoms with van der Waals surface area (Å²) >= 11 is 0. The van der Waals surface area contributed by atoms with Crippen LogP contribution in [0.4, 0.5) is 17.3 Å². The molecule has 0 amide bonds. The minimum absolute atomic E-state index is 0.0437. The lowest BCUT2D eigenvalue weighted by Gasteiger charge is -2.17. The van der Waals surface area contributed by atoms with Gasteiger partial charge in [-0.05, 0) is 5.56 Å². The van der Waals surface area contributed by atoms with Crippen molar-refractivity contribution in [3.63, 3.8) is 0 Å². The number of aromatic amines is 1. The number of rotatable bonds is 3. The summed E-state index contributed by atoms with van der Waals surface area (Å²) < 4.78 is 0. The Morgan fingerprint density at radius 1 is 1.12 bits per heavy atom. The van der Waals surface area contributed by atoms with Gasteiger partial charge in [-0.25, -0.2) is 15.0 Å². The predicted octanol–water partition coefficient (Wildman–Crippen LogP) is 3.14. The van der Waals surface area contributed by atoms with Gasteiger partial charge in [0.05, 0.1) is 12.4 Å². The fourth-order valence-corrected chi connectivity index (χ4v) is 2.97. The molecule has 7 heteroatoms. The van der Waals surface area contributed by atoms with E-state index < -0.39 is 0 Å². The summed E-state index contributed by atoms with van der Waals surface area (Å²) in [5.74, 6) is 2.40. The lowest BCUT2D eigenvalue weighted by Crippen LogP contribution is -2.22. The predicted molar refractivity (Wildman–Crippen MR) is 104 cm³/mol. The summed E-state index contributed by atoms with van der Waals surface area (Å²) in [4.78, 5) is 19.2. The maximum atomic E-state index is 6.18. The Bertz CT molecular complexity index is 925. The van der Waals surface area contributed by atoms with E-state index in [2.05, 4.69) is 58.1 Å². The van der Waals surface area contributed by atoms with Crippen LogP contribution in [0.5, 0.6) is 0 Å². The van der Waals surface area contributed by atoms with E-state index in [1.165, 1.54) is 5.56 Å². The second-order valence-electron chi connectivity index (χ2n) is 7.53. The molecule has 26 heavy (non-hydrogen) atoms. The first kappa shape index (κ1) is 16.4. The zero-order chi connectivity index (χ0) is 18.3. The van der Waals surface area contributed by atoms with Crippen molar-refractivity contribution in [2.75, 3.05) is 22.6 Å². The summed E-state index contributed by atoms with van der Waals surface area (Å²) in [6.45, 7) is 7.77. The second kappa shape index (κ2) is 6.01. The number of imidazole rings is 1. The van der Waals surface area contributed by atoms with Crippen molar-refractivity contribution in [2.24, 2.45) is 0 Å². The van der Waals surface area contributed by atoms with Crippen molar-refractivity contribution >= 4 is 17.3 Å². The van der Waals surface area contributed by atoms with E-state index in [4.69, 9.17) is 10.7 Å². The van der Waals surface area contributed by atoms with E-state index in [1.807, 2.05) is 24.4 Å². The van der Waals surface area contributed by atoms with Crippen LogP contribution in [0.3, 0.4) is 0 Å². The molecule has 2 aromatic heterocycles. The average molecular weight is 349 g/mol. The average Bonchev–Trinajstić information content (AvgIpc) is 3.23. The Hall–Kier alpha value is -3.09. The molecule has 1 aliphatic rings. The molecule has 4 rings (SSSR count). The molecule has 7 nitrogen and oxygen atoms in total. The molecule has 0 fully saturated rings. The smallest absolute Gasteiger partial charge is 0.199 e. The highest BCUT2D eigenvalue weighted by molar-refractivity contribution is 5.81. The molecule has 3 aromatic rings. The number of aromatic nitrogens is 4. The highest BCUT2D eigenvalue weighted by Gasteiger charge is 2.26. The van der Waals surface area contributed by atoms with Gasteiger partial charge < -0.3 is 20.9 Å². The normalized spacial score (nSPS) is 13.6. The number of H-pyrrole nitrogens is 1. The van der Waals surface area contributed by atoms with E-state index in [-0.39, 0.29) is 5.41 Å². The van der Waals surface area contributed by atoms with E-state index in [1.54, 1.807) is 0 Å². The van der Waals surface area contributed by atoms with Crippen LogP contribution in [-0.2, 0) is 12.0 Å². The first-order valence-corrected chi connectivity index (χ1v) is 8.68. The molecule has 0 radical (unpaired) electrons. The summed E-state index contributed by atoms with van der Waals surface area (Å²) in [6, 6.07) is 10.3. The van der Waals surface area contributed by atoms with Crippen molar-refractivity contribution < 1.29 is 0 Å². The van der Waals surface area contributed by atoms with Crippen LogP contribution in [0, 0.1) is 0 Å². The molecule has 1 aromatic carbocycles. The highest BCUT2D eigenvalue weighted by atomic mass is 15.3.